The summed E-state index contributed by atoms with van der Waals surface area (Å²) < 4.78 is 48.7. The molecule has 7 unspecified atom stereocenters. The molecule has 24 nitrogen and oxygen atoms in total. The van der Waals surface area contributed by atoms with E-state index >= 15 is 0 Å². The molecule has 4 heterocycles. The molecule has 15 N–H and O–H groups in total. The lowest BCUT2D eigenvalue weighted by molar-refractivity contribution is -0.399. The van der Waals surface area contributed by atoms with Crippen LogP contribution in [0.2, 0.25) is 0 Å². The number of esters is 1. The zero-order chi connectivity index (χ0) is 57.1. The summed E-state index contributed by atoms with van der Waals surface area (Å²) in [6.45, 7) is 12.2. The largest absolute Gasteiger partial charge is 0.432 e. The Bertz CT molecular complexity index is 2140. The van der Waals surface area contributed by atoms with Crippen molar-refractivity contribution >= 4 is 5.97 Å². The monoisotopic (exact) mass is 1120 g/mol. The summed E-state index contributed by atoms with van der Waals surface area (Å²) in [4.78, 5) is 14.8. The molecule has 0 aromatic heterocycles. The van der Waals surface area contributed by atoms with Gasteiger partial charge in [-0.3, -0.25) is 4.79 Å². The van der Waals surface area contributed by atoms with Gasteiger partial charge in [0.15, 0.2) is 18.9 Å². The van der Waals surface area contributed by atoms with Crippen LogP contribution in [0.3, 0.4) is 0 Å². The van der Waals surface area contributed by atoms with E-state index in [1.54, 1.807) is 0 Å². The molecule has 9 aliphatic rings. The molecule has 4 saturated heterocycles. The van der Waals surface area contributed by atoms with E-state index in [-0.39, 0.29) is 35.5 Å². The smallest absolute Gasteiger partial charge is 0.317 e. The van der Waals surface area contributed by atoms with Crippen LogP contribution in [0.5, 0.6) is 0 Å². The molecule has 0 amide bonds. The Hall–Kier alpha value is -1.67. The average Bonchev–Trinajstić information content (AvgIpc) is 3.39. The molecule has 0 bridgehead atoms. The first-order valence-corrected chi connectivity index (χ1v) is 27.9. The Morgan fingerprint density at radius 1 is 0.526 bits per heavy atom. The molecule has 78 heavy (non-hydrogen) atoms. The fraction of sp³-hybridized carbons (Fsp3) is 0.944. The van der Waals surface area contributed by atoms with Crippen LogP contribution in [0, 0.1) is 50.2 Å². The lowest BCUT2D eigenvalue weighted by atomic mass is 9.33. The van der Waals surface area contributed by atoms with Crippen LogP contribution in [0.25, 0.3) is 0 Å². The molecule has 0 spiro atoms. The predicted molar refractivity (Wildman–Crippen MR) is 264 cm³/mol. The highest BCUT2D eigenvalue weighted by Crippen LogP contribution is 2.76. The summed E-state index contributed by atoms with van der Waals surface area (Å²) in [6.07, 6.45) is -29.0. The number of hydrogen-bond donors (Lipinski definition) is 15. The Morgan fingerprint density at radius 3 is 1.55 bits per heavy atom. The van der Waals surface area contributed by atoms with Crippen LogP contribution in [0.15, 0.2) is 11.6 Å². The highest BCUT2D eigenvalue weighted by Gasteiger charge is 2.72. The van der Waals surface area contributed by atoms with Crippen LogP contribution in [-0.4, -0.2) is 244 Å². The van der Waals surface area contributed by atoms with E-state index in [1.807, 2.05) is 0 Å². The minimum atomic E-state index is -1.95. The first kappa shape index (κ1) is 60.9. The minimum Gasteiger partial charge on any atom is -0.432 e. The van der Waals surface area contributed by atoms with E-state index in [4.69, 9.17) is 37.9 Å². The van der Waals surface area contributed by atoms with Gasteiger partial charge in [0.25, 0.3) is 0 Å². The number of rotatable bonds is 12. The third-order valence-electron chi connectivity index (χ3n) is 21.5. The summed E-state index contributed by atoms with van der Waals surface area (Å²) in [7, 11) is 0. The molecule has 9 rings (SSSR count). The number of ether oxygens (including phenoxy) is 8. The van der Waals surface area contributed by atoms with Crippen molar-refractivity contribution in [2.45, 2.75) is 241 Å². The second-order valence-electron chi connectivity index (χ2n) is 26.4. The zero-order valence-corrected chi connectivity index (χ0v) is 45.6. The van der Waals surface area contributed by atoms with Gasteiger partial charge >= 0.3 is 5.97 Å². The molecule has 8 fully saturated rings. The highest BCUT2D eigenvalue weighted by molar-refractivity contribution is 5.80. The first-order chi connectivity index (χ1) is 36.5. The standard InChI is InChI=1S/C54H88O24/c1-49(2)14-15-54(48(70)78-46-41(69)38(66)34(62)26(20-57)73-46)23(16-49)22-8-9-29-51(5)12-11-31(50(3,4)28(51)10-13-52(29,6)53(22,7)17-30(54)59)75-47-43(77-45-40(68)37(65)33(61)25(19-56)72-45)42(35(63)27(21-58)74-47)76-44-39(67)36(64)32(60)24(18-55)71-44/h8,23-47,55-69H,9-21H2,1-7H3/t23?,24-,25-,26-,27-,28?,29?,30-,31?,32-,33-,34-,35-,36-,37-,38-,39-,40-,41-,42-,43-,44+,45+,46+,47+,51?,52?,53-,54?/m1/s1. The quantitative estimate of drug-likeness (QED) is 0.0524. The Balaban J connectivity index is 1.01. The average molecular weight is 1120 g/mol. The molecule has 4 saturated carbocycles. The van der Waals surface area contributed by atoms with Gasteiger partial charge in [-0.1, -0.05) is 60.1 Å². The molecule has 0 radical (unpaired) electrons. The highest BCUT2D eigenvalue weighted by atomic mass is 16.8. The fourth-order valence-corrected chi connectivity index (χ4v) is 16.6. The van der Waals surface area contributed by atoms with Crippen molar-refractivity contribution in [1.29, 1.82) is 0 Å². The van der Waals surface area contributed by atoms with Gasteiger partial charge in [0.05, 0.1) is 38.6 Å². The maximum Gasteiger partial charge on any atom is 0.317 e. The van der Waals surface area contributed by atoms with E-state index in [2.05, 4.69) is 54.5 Å². The molecule has 0 aromatic carbocycles. The number of hydrogen-bond acceptors (Lipinski definition) is 24. The minimum absolute atomic E-state index is 0.0242. The van der Waals surface area contributed by atoms with Crippen molar-refractivity contribution in [2.75, 3.05) is 26.4 Å². The van der Waals surface area contributed by atoms with Gasteiger partial charge in [0.1, 0.15) is 103 Å². The third kappa shape index (κ3) is 9.67. The molecule has 0 aromatic rings. The second kappa shape index (κ2) is 22.1. The topological polar surface area (TPSA) is 394 Å². The summed E-state index contributed by atoms with van der Waals surface area (Å²) in [5, 5.41) is 162. The van der Waals surface area contributed by atoms with Gasteiger partial charge in [0, 0.05) is 0 Å². The van der Waals surface area contributed by atoms with Gasteiger partial charge in [0.2, 0.25) is 6.29 Å². The molecule has 29 atom stereocenters. The second-order valence-corrected chi connectivity index (χ2v) is 26.4. The fourth-order valence-electron chi connectivity index (χ4n) is 16.6. The predicted octanol–water partition coefficient (Wildman–Crippen LogP) is -3.06. The summed E-state index contributed by atoms with van der Waals surface area (Å²) in [5.41, 5.74) is -2.65. The molecule has 448 valence electrons. The van der Waals surface area contributed by atoms with E-state index < -0.39 is 195 Å². The number of aliphatic hydroxyl groups is 15. The van der Waals surface area contributed by atoms with Crippen molar-refractivity contribution in [2.24, 2.45) is 50.2 Å². The molecular weight excluding hydrogens is 1030 g/mol. The number of allylic oxidation sites excluding steroid dienone is 2. The maximum absolute atomic E-state index is 14.8. The number of carbonyl (C=O) groups is 1. The lowest BCUT2D eigenvalue weighted by Gasteiger charge is -2.72. The lowest BCUT2D eigenvalue weighted by Crippen LogP contribution is -2.69. The molecular formula is C54H88O24. The van der Waals surface area contributed by atoms with E-state index in [0.717, 1.165) is 5.57 Å². The zero-order valence-electron chi connectivity index (χ0n) is 45.6. The van der Waals surface area contributed by atoms with Crippen LogP contribution in [0.4, 0.5) is 0 Å². The summed E-state index contributed by atoms with van der Waals surface area (Å²) in [6, 6.07) is 0. The van der Waals surface area contributed by atoms with Crippen molar-refractivity contribution in [3.8, 4) is 0 Å². The Kier molecular flexibility index (Phi) is 17.2. The Morgan fingerprint density at radius 2 is 1.01 bits per heavy atom. The summed E-state index contributed by atoms with van der Waals surface area (Å²) >= 11 is 0. The molecule has 4 aliphatic heterocycles. The van der Waals surface area contributed by atoms with Crippen LogP contribution >= 0.6 is 0 Å². The van der Waals surface area contributed by atoms with Crippen molar-refractivity contribution in [3.63, 3.8) is 0 Å². The van der Waals surface area contributed by atoms with E-state index in [9.17, 15) is 81.4 Å². The van der Waals surface area contributed by atoms with Crippen molar-refractivity contribution < 1.29 is 119 Å². The molecule has 24 heteroatoms. The van der Waals surface area contributed by atoms with Gasteiger partial charge in [-0.25, -0.2) is 0 Å². The van der Waals surface area contributed by atoms with E-state index in [0.29, 0.717) is 44.9 Å². The summed E-state index contributed by atoms with van der Waals surface area (Å²) in [5.74, 6) is -1.22. The van der Waals surface area contributed by atoms with Crippen molar-refractivity contribution in [3.05, 3.63) is 11.6 Å². The van der Waals surface area contributed by atoms with Gasteiger partial charge in [-0.15, -0.1) is 0 Å². The first-order valence-electron chi connectivity index (χ1n) is 27.9. The number of fused-ring (bicyclic) bond motifs is 7. The van der Waals surface area contributed by atoms with Gasteiger partial charge in [-0.05, 0) is 103 Å². The van der Waals surface area contributed by atoms with Crippen LogP contribution in [0.1, 0.15) is 106 Å². The van der Waals surface area contributed by atoms with Crippen molar-refractivity contribution in [1.82, 2.24) is 0 Å². The van der Waals surface area contributed by atoms with Crippen LogP contribution in [-0.2, 0) is 42.7 Å². The van der Waals surface area contributed by atoms with Gasteiger partial charge in [-0.2, -0.15) is 0 Å². The van der Waals surface area contributed by atoms with E-state index in [1.165, 1.54) is 0 Å². The third-order valence-corrected chi connectivity index (χ3v) is 21.5. The number of carbonyl (C=O) groups excluding carboxylic acids is 1. The normalized spacial score (nSPS) is 53.9. The Labute approximate surface area is 453 Å². The SMILES string of the molecule is CC1(C)CCC2(C(=O)O[C@@H]3O[C@H](CO)[C@@H](O)[C@@H](O)[C@H]3O)C(C1)C1=CCC3C4(C)CCC(O[C@@H]5O[C@H](CO)[C@@H](O)[C@@H](O[C@@H]6O[C@H](CO)[C@@H](O)[C@@H](O)[C@H]6O)[C@H]5O[C@@H]5O[C@H](CO)[C@@H](O)[C@@H](O)[C@H]5O)C(C)(C)C4CCC3(C)[C@]1(C)C[C@H]2O. The number of aliphatic hydroxyl groups excluding tert-OH is 15. The molecule has 5 aliphatic carbocycles. The van der Waals surface area contributed by atoms with Crippen LogP contribution < -0.4 is 0 Å². The maximum atomic E-state index is 14.8. The van der Waals surface area contributed by atoms with Gasteiger partial charge < -0.3 is 114 Å².